The molecular formula is C13H19NO6. The monoisotopic (exact) mass is 285 g/mol. The van der Waals surface area contributed by atoms with Gasteiger partial charge in [0.1, 0.15) is 12.7 Å². The van der Waals surface area contributed by atoms with E-state index in [1.807, 2.05) is 13.8 Å². The molecule has 0 aromatic heterocycles. The van der Waals surface area contributed by atoms with Crippen LogP contribution in [0.15, 0.2) is 11.6 Å². The highest BCUT2D eigenvalue weighted by Gasteiger charge is 2.32. The first kappa shape index (κ1) is 16.3. The molecule has 20 heavy (non-hydrogen) atoms. The Morgan fingerprint density at radius 3 is 2.55 bits per heavy atom. The van der Waals surface area contributed by atoms with E-state index in [0.717, 1.165) is 4.90 Å². The Morgan fingerprint density at radius 2 is 2.05 bits per heavy atom. The van der Waals surface area contributed by atoms with Gasteiger partial charge in [0.2, 0.25) is 0 Å². The Morgan fingerprint density at radius 1 is 1.40 bits per heavy atom. The lowest BCUT2D eigenvalue weighted by Crippen LogP contribution is -2.34. The predicted octanol–water partition coefficient (Wildman–Crippen LogP) is -0.776. The van der Waals surface area contributed by atoms with Crippen molar-refractivity contribution in [2.24, 2.45) is 5.92 Å². The summed E-state index contributed by atoms with van der Waals surface area (Å²) in [4.78, 5) is 35.9. The van der Waals surface area contributed by atoms with Crippen LogP contribution in [0.1, 0.15) is 20.3 Å². The first-order valence-electron chi connectivity index (χ1n) is 6.38. The lowest BCUT2D eigenvalue weighted by molar-refractivity contribution is -0.148. The molecule has 1 unspecified atom stereocenters. The van der Waals surface area contributed by atoms with E-state index in [-0.39, 0.29) is 31.4 Å². The van der Waals surface area contributed by atoms with E-state index < -0.39 is 24.6 Å². The number of hydrogen-bond acceptors (Lipinski definition) is 6. The Bertz CT molecular complexity index is 429. The number of amides is 2. The van der Waals surface area contributed by atoms with Gasteiger partial charge in [0.25, 0.3) is 11.8 Å². The minimum absolute atomic E-state index is 0.0527. The molecule has 0 saturated carbocycles. The van der Waals surface area contributed by atoms with Gasteiger partial charge in [-0.25, -0.2) is 0 Å². The Labute approximate surface area is 116 Å². The van der Waals surface area contributed by atoms with Crippen molar-refractivity contribution in [1.29, 1.82) is 0 Å². The summed E-state index contributed by atoms with van der Waals surface area (Å²) in [5, 5.41) is 17.6. The van der Waals surface area contributed by atoms with Crippen molar-refractivity contribution in [1.82, 2.24) is 4.90 Å². The summed E-state index contributed by atoms with van der Waals surface area (Å²) < 4.78 is 4.68. The smallest absolute Gasteiger partial charge is 0.307 e. The van der Waals surface area contributed by atoms with Gasteiger partial charge in [0.15, 0.2) is 0 Å². The molecule has 1 atom stereocenters. The Kier molecular flexibility index (Phi) is 5.84. The van der Waals surface area contributed by atoms with E-state index in [1.54, 1.807) is 0 Å². The lowest BCUT2D eigenvalue weighted by Gasteiger charge is -2.15. The van der Waals surface area contributed by atoms with E-state index in [2.05, 4.69) is 4.74 Å². The molecule has 1 rings (SSSR count). The van der Waals surface area contributed by atoms with Crippen LogP contribution in [0, 0.1) is 5.92 Å². The van der Waals surface area contributed by atoms with Crippen LogP contribution >= 0.6 is 0 Å². The second-order valence-electron chi connectivity index (χ2n) is 4.82. The van der Waals surface area contributed by atoms with Crippen molar-refractivity contribution in [3.63, 3.8) is 0 Å². The predicted molar refractivity (Wildman–Crippen MR) is 68.3 cm³/mol. The summed E-state index contributed by atoms with van der Waals surface area (Å²) in [6.45, 7) is 2.75. The number of carbonyl (C=O) groups excluding carboxylic acids is 3. The summed E-state index contributed by atoms with van der Waals surface area (Å²) in [6.07, 6.45) is 0.0195. The molecule has 0 radical (unpaired) electrons. The summed E-state index contributed by atoms with van der Waals surface area (Å²) in [5.74, 6) is -1.51. The van der Waals surface area contributed by atoms with E-state index in [4.69, 9.17) is 10.2 Å². The largest absolute Gasteiger partial charge is 0.463 e. The highest BCUT2D eigenvalue weighted by atomic mass is 16.5. The minimum atomic E-state index is -1.12. The first-order chi connectivity index (χ1) is 9.36. The number of esters is 1. The topological polar surface area (TPSA) is 104 Å². The number of imide groups is 1. The van der Waals surface area contributed by atoms with Crippen LogP contribution in [0.5, 0.6) is 0 Å². The van der Waals surface area contributed by atoms with Gasteiger partial charge in [0, 0.05) is 18.2 Å². The maximum absolute atomic E-state index is 11.9. The van der Waals surface area contributed by atoms with Crippen molar-refractivity contribution >= 4 is 17.8 Å². The van der Waals surface area contributed by atoms with Crippen molar-refractivity contribution in [3.8, 4) is 0 Å². The number of nitrogens with zero attached hydrogens (tertiary/aromatic N) is 1. The van der Waals surface area contributed by atoms with Crippen LogP contribution in [0.2, 0.25) is 0 Å². The van der Waals surface area contributed by atoms with Crippen LogP contribution in [0.4, 0.5) is 0 Å². The average molecular weight is 285 g/mol. The van der Waals surface area contributed by atoms with E-state index in [1.165, 1.54) is 6.08 Å². The van der Waals surface area contributed by atoms with Crippen LogP contribution in [0.25, 0.3) is 0 Å². The molecular weight excluding hydrogens is 266 g/mol. The van der Waals surface area contributed by atoms with Crippen LogP contribution < -0.4 is 0 Å². The molecule has 2 N–H and O–H groups in total. The molecule has 0 aliphatic carbocycles. The molecule has 1 aliphatic heterocycles. The number of ether oxygens (including phenoxy) is 1. The quantitative estimate of drug-likeness (QED) is 0.470. The molecule has 0 fully saturated rings. The summed E-state index contributed by atoms with van der Waals surface area (Å²) >= 11 is 0. The van der Waals surface area contributed by atoms with Crippen LogP contribution in [-0.2, 0) is 19.1 Å². The SMILES string of the molecule is CC(C)C1=CC(=O)N(CCC(=O)OCC(O)CO)C1=O. The molecule has 1 aliphatic rings. The van der Waals surface area contributed by atoms with Crippen molar-refractivity contribution in [2.45, 2.75) is 26.4 Å². The third-order valence-corrected chi connectivity index (χ3v) is 2.85. The highest BCUT2D eigenvalue weighted by Crippen LogP contribution is 2.20. The van der Waals surface area contributed by atoms with Crippen molar-refractivity contribution < 1.29 is 29.3 Å². The molecule has 7 nitrogen and oxygen atoms in total. The zero-order valence-corrected chi connectivity index (χ0v) is 11.5. The number of carbonyl (C=O) groups is 3. The zero-order valence-electron chi connectivity index (χ0n) is 11.5. The van der Waals surface area contributed by atoms with Gasteiger partial charge >= 0.3 is 5.97 Å². The molecule has 0 aromatic rings. The molecule has 0 bridgehead atoms. The second-order valence-corrected chi connectivity index (χ2v) is 4.82. The van der Waals surface area contributed by atoms with Crippen LogP contribution in [-0.4, -0.2) is 58.8 Å². The highest BCUT2D eigenvalue weighted by molar-refractivity contribution is 6.16. The molecule has 0 saturated heterocycles. The fourth-order valence-corrected chi connectivity index (χ4v) is 1.67. The van der Waals surface area contributed by atoms with E-state index in [0.29, 0.717) is 5.57 Å². The third kappa shape index (κ3) is 4.14. The first-order valence-corrected chi connectivity index (χ1v) is 6.38. The molecule has 1 heterocycles. The summed E-state index contributed by atoms with van der Waals surface area (Å²) in [5.41, 5.74) is 0.430. The van der Waals surface area contributed by atoms with Gasteiger partial charge in [0.05, 0.1) is 13.0 Å². The molecule has 0 aromatic carbocycles. The molecule has 2 amide bonds. The fourth-order valence-electron chi connectivity index (χ4n) is 1.67. The zero-order chi connectivity index (χ0) is 15.3. The maximum Gasteiger partial charge on any atom is 0.307 e. The molecule has 0 spiro atoms. The molecule has 7 heteroatoms. The Hall–Kier alpha value is -1.73. The van der Waals surface area contributed by atoms with Crippen molar-refractivity contribution in [2.75, 3.05) is 19.8 Å². The van der Waals surface area contributed by atoms with E-state index in [9.17, 15) is 14.4 Å². The lowest BCUT2D eigenvalue weighted by atomic mass is 10.0. The maximum atomic E-state index is 11.9. The van der Waals surface area contributed by atoms with Gasteiger partial charge in [-0.3, -0.25) is 19.3 Å². The fraction of sp³-hybridized carbons (Fsp3) is 0.615. The minimum Gasteiger partial charge on any atom is -0.463 e. The third-order valence-electron chi connectivity index (χ3n) is 2.85. The van der Waals surface area contributed by atoms with Gasteiger partial charge < -0.3 is 14.9 Å². The standard InChI is InChI=1S/C13H19NO6/c1-8(2)10-5-11(17)14(13(10)19)4-3-12(18)20-7-9(16)6-15/h5,8-9,15-16H,3-4,6-7H2,1-2H3. The molecule has 112 valence electrons. The van der Waals surface area contributed by atoms with E-state index >= 15 is 0 Å². The van der Waals surface area contributed by atoms with Crippen LogP contribution in [0.3, 0.4) is 0 Å². The summed E-state index contributed by atoms with van der Waals surface area (Å²) in [7, 11) is 0. The van der Waals surface area contributed by atoms with Gasteiger partial charge in [-0.1, -0.05) is 13.8 Å². The van der Waals surface area contributed by atoms with Gasteiger partial charge in [-0.05, 0) is 5.92 Å². The second kappa shape index (κ2) is 7.16. The Balaban J connectivity index is 2.42. The number of aliphatic hydroxyl groups excluding tert-OH is 2. The van der Waals surface area contributed by atoms with Gasteiger partial charge in [-0.2, -0.15) is 0 Å². The average Bonchev–Trinajstić information content (AvgIpc) is 2.69. The normalized spacial score (nSPS) is 16.6. The number of hydrogen-bond donors (Lipinski definition) is 2. The summed E-state index contributed by atoms with van der Waals surface area (Å²) in [6, 6.07) is 0. The number of aliphatic hydroxyl groups is 2. The van der Waals surface area contributed by atoms with Gasteiger partial charge in [-0.15, -0.1) is 0 Å². The van der Waals surface area contributed by atoms with Crippen molar-refractivity contribution in [3.05, 3.63) is 11.6 Å². The number of rotatable bonds is 7.